The van der Waals surface area contributed by atoms with E-state index in [4.69, 9.17) is 38.1 Å². The average molecular weight is 429 g/mol. The summed E-state index contributed by atoms with van der Waals surface area (Å²) in [5.41, 5.74) is 4.45. The summed E-state index contributed by atoms with van der Waals surface area (Å²) in [6, 6.07) is 7.89. The van der Waals surface area contributed by atoms with E-state index in [-0.39, 0.29) is 0 Å². The number of benzene rings is 1. The summed E-state index contributed by atoms with van der Waals surface area (Å²) in [6.45, 7) is 3.56. The van der Waals surface area contributed by atoms with Crippen molar-refractivity contribution in [2.75, 3.05) is 7.05 Å². The summed E-state index contributed by atoms with van der Waals surface area (Å²) < 4.78 is 0. The maximum atomic E-state index is 6.29. The molecular formula is C20H18Cl2N6O. The van der Waals surface area contributed by atoms with Crippen LogP contribution in [0.25, 0.3) is 22.4 Å². The first-order valence-electron chi connectivity index (χ1n) is 9.21. The summed E-state index contributed by atoms with van der Waals surface area (Å²) in [5.74, 6) is 0.745. The molecule has 0 fully saturated rings. The van der Waals surface area contributed by atoms with E-state index in [1.54, 1.807) is 12.4 Å². The lowest BCUT2D eigenvalue weighted by Gasteiger charge is -2.16. The topological polar surface area (TPSA) is 71.9 Å². The van der Waals surface area contributed by atoms with Crippen molar-refractivity contribution in [2.45, 2.75) is 26.1 Å². The molecule has 0 aliphatic carbocycles. The third kappa shape index (κ3) is 3.15. The van der Waals surface area contributed by atoms with Gasteiger partial charge in [0, 0.05) is 36.4 Å². The van der Waals surface area contributed by atoms with Crippen LogP contribution < -0.4 is 4.84 Å². The van der Waals surface area contributed by atoms with Crippen molar-refractivity contribution >= 4 is 34.1 Å². The van der Waals surface area contributed by atoms with E-state index in [0.717, 1.165) is 46.9 Å². The highest BCUT2D eigenvalue weighted by atomic mass is 35.5. The van der Waals surface area contributed by atoms with Gasteiger partial charge in [0.05, 0.1) is 21.4 Å². The van der Waals surface area contributed by atoms with Crippen LogP contribution in [0.5, 0.6) is 0 Å². The molecular weight excluding hydrogens is 411 g/mol. The van der Waals surface area contributed by atoms with E-state index in [2.05, 4.69) is 21.9 Å². The van der Waals surface area contributed by atoms with E-state index in [0.29, 0.717) is 15.6 Å². The second-order valence-electron chi connectivity index (χ2n) is 7.19. The van der Waals surface area contributed by atoms with Crippen LogP contribution in [0.1, 0.15) is 30.0 Å². The van der Waals surface area contributed by atoms with Crippen LogP contribution in [0, 0.1) is 0 Å². The number of fused-ring (bicyclic) bond motifs is 2. The van der Waals surface area contributed by atoms with E-state index in [1.807, 2.05) is 31.2 Å². The predicted molar refractivity (Wildman–Crippen MR) is 112 cm³/mol. The molecule has 0 amide bonds. The minimum absolute atomic E-state index is 0.426. The second-order valence-corrected chi connectivity index (χ2v) is 8.00. The summed E-state index contributed by atoms with van der Waals surface area (Å²) in [7, 11) is 2.07. The van der Waals surface area contributed by atoms with E-state index >= 15 is 0 Å². The molecule has 5 rings (SSSR count). The Balaban J connectivity index is 1.55. The molecule has 4 aromatic rings. The summed E-state index contributed by atoms with van der Waals surface area (Å²) >= 11 is 12.6. The number of aromatic nitrogens is 5. The Morgan fingerprint density at radius 2 is 1.90 bits per heavy atom. The average Bonchev–Trinajstić information content (AvgIpc) is 3.33. The van der Waals surface area contributed by atoms with Crippen molar-refractivity contribution in [3.8, 4) is 11.5 Å². The van der Waals surface area contributed by atoms with Crippen LogP contribution in [0.2, 0.25) is 10.0 Å². The van der Waals surface area contributed by atoms with Crippen LogP contribution in [-0.4, -0.2) is 36.8 Å². The standard InChI is InChI=1S/C20H18Cl2N6O/c1-11(18-13(21)7-23-8-14(18)22)29-28-17-6-4-3-5-12(17)19(26-28)20-24-15-9-27(2)10-16(15)25-20/h3-8,11H,9-10H2,1-2H3,(H,24,25). The first-order chi connectivity index (χ1) is 14.0. The minimum Gasteiger partial charge on any atom is -0.388 e. The number of halogens is 2. The SMILES string of the molecule is CC(On1nc(-c2nc3c([nH]2)CN(C)C3)c2ccccc21)c1c(Cl)cncc1Cl. The zero-order valence-corrected chi connectivity index (χ0v) is 17.4. The van der Waals surface area contributed by atoms with E-state index in [1.165, 1.54) is 4.85 Å². The Kier molecular flexibility index (Phi) is 4.46. The smallest absolute Gasteiger partial charge is 0.159 e. The van der Waals surface area contributed by atoms with Crippen molar-refractivity contribution in [3.63, 3.8) is 0 Å². The number of pyridine rings is 1. The molecule has 9 heteroatoms. The van der Waals surface area contributed by atoms with Gasteiger partial charge in [-0.05, 0) is 20.0 Å². The number of para-hydroxylation sites is 1. The first kappa shape index (κ1) is 18.4. The van der Waals surface area contributed by atoms with Crippen LogP contribution in [-0.2, 0) is 13.1 Å². The summed E-state index contributed by atoms with van der Waals surface area (Å²) in [5, 5.41) is 6.56. The quantitative estimate of drug-likeness (QED) is 0.525. The number of nitrogens with zero attached hydrogens (tertiary/aromatic N) is 5. The highest BCUT2D eigenvalue weighted by molar-refractivity contribution is 6.35. The van der Waals surface area contributed by atoms with E-state index in [9.17, 15) is 0 Å². The maximum absolute atomic E-state index is 6.29. The molecule has 1 aliphatic rings. The fraction of sp³-hybridized carbons (Fsp3) is 0.250. The maximum Gasteiger partial charge on any atom is 0.159 e. The molecule has 29 heavy (non-hydrogen) atoms. The van der Waals surface area contributed by atoms with Crippen molar-refractivity contribution in [2.24, 2.45) is 0 Å². The molecule has 3 aromatic heterocycles. The Morgan fingerprint density at radius 3 is 2.66 bits per heavy atom. The largest absolute Gasteiger partial charge is 0.388 e. The van der Waals surface area contributed by atoms with Crippen LogP contribution in [0.15, 0.2) is 36.7 Å². The third-order valence-corrected chi connectivity index (χ3v) is 5.65. The number of imidazole rings is 1. The number of H-pyrrole nitrogens is 1. The number of hydrogen-bond acceptors (Lipinski definition) is 5. The number of hydrogen-bond donors (Lipinski definition) is 1. The number of nitrogens with one attached hydrogen (secondary N) is 1. The van der Waals surface area contributed by atoms with Gasteiger partial charge in [0.2, 0.25) is 0 Å². The van der Waals surface area contributed by atoms with Crippen LogP contribution in [0.4, 0.5) is 0 Å². The number of rotatable bonds is 4. The van der Waals surface area contributed by atoms with Gasteiger partial charge in [0.1, 0.15) is 11.2 Å². The molecule has 1 N–H and O–H groups in total. The minimum atomic E-state index is -0.426. The molecule has 148 valence electrons. The van der Waals surface area contributed by atoms with Gasteiger partial charge >= 0.3 is 0 Å². The van der Waals surface area contributed by atoms with Crippen LogP contribution in [0.3, 0.4) is 0 Å². The fourth-order valence-corrected chi connectivity index (χ4v) is 4.38. The Hall–Kier alpha value is -2.61. The molecule has 0 saturated carbocycles. The van der Waals surface area contributed by atoms with Crippen molar-refractivity contribution in [1.29, 1.82) is 0 Å². The van der Waals surface area contributed by atoms with Gasteiger partial charge in [-0.25, -0.2) is 4.98 Å². The lowest BCUT2D eigenvalue weighted by atomic mass is 10.2. The van der Waals surface area contributed by atoms with Gasteiger partial charge in [0.15, 0.2) is 11.9 Å². The molecule has 0 saturated heterocycles. The lowest BCUT2D eigenvalue weighted by molar-refractivity contribution is 0.0332. The summed E-state index contributed by atoms with van der Waals surface area (Å²) in [4.78, 5) is 22.0. The third-order valence-electron chi connectivity index (χ3n) is 5.05. The second kappa shape index (κ2) is 7.02. The zero-order valence-electron chi connectivity index (χ0n) is 15.9. The van der Waals surface area contributed by atoms with Crippen molar-refractivity contribution in [1.82, 2.24) is 29.8 Å². The molecule has 0 radical (unpaired) electrons. The zero-order chi connectivity index (χ0) is 20.1. The van der Waals surface area contributed by atoms with Gasteiger partial charge in [-0.2, -0.15) is 0 Å². The highest BCUT2D eigenvalue weighted by Gasteiger charge is 2.24. The Morgan fingerprint density at radius 1 is 1.14 bits per heavy atom. The Bertz CT molecular complexity index is 1170. The lowest BCUT2D eigenvalue weighted by Crippen LogP contribution is -2.18. The number of aromatic amines is 1. The monoisotopic (exact) mass is 428 g/mol. The Labute approximate surface area is 177 Å². The van der Waals surface area contributed by atoms with Crippen molar-refractivity contribution in [3.05, 3.63) is 63.7 Å². The molecule has 7 nitrogen and oxygen atoms in total. The molecule has 0 spiro atoms. The molecule has 1 unspecified atom stereocenters. The predicted octanol–water partition coefficient (Wildman–Crippen LogP) is 4.26. The van der Waals surface area contributed by atoms with Gasteiger partial charge in [-0.15, -0.1) is 5.10 Å². The van der Waals surface area contributed by atoms with Crippen molar-refractivity contribution < 1.29 is 4.84 Å². The van der Waals surface area contributed by atoms with Gasteiger partial charge in [-0.1, -0.05) is 46.2 Å². The normalized spacial score (nSPS) is 15.0. The summed E-state index contributed by atoms with van der Waals surface area (Å²) in [6.07, 6.45) is 2.68. The first-order valence-corrected chi connectivity index (χ1v) is 9.97. The van der Waals surface area contributed by atoms with Gasteiger partial charge < -0.3 is 9.82 Å². The van der Waals surface area contributed by atoms with E-state index < -0.39 is 6.10 Å². The van der Waals surface area contributed by atoms with Crippen LogP contribution >= 0.6 is 23.2 Å². The molecule has 1 atom stereocenters. The fourth-order valence-electron chi connectivity index (χ4n) is 3.71. The van der Waals surface area contributed by atoms with Gasteiger partial charge in [0.25, 0.3) is 0 Å². The molecule has 1 aliphatic heterocycles. The molecule has 0 bridgehead atoms. The molecule has 4 heterocycles. The highest BCUT2D eigenvalue weighted by Crippen LogP contribution is 2.32. The molecule has 1 aromatic carbocycles. The van der Waals surface area contributed by atoms with Gasteiger partial charge in [-0.3, -0.25) is 9.88 Å².